The second kappa shape index (κ2) is 9.32. The van der Waals surface area contributed by atoms with Crippen molar-refractivity contribution in [2.24, 2.45) is 0 Å². The molecular weight excluding hydrogens is 393 g/mol. The van der Waals surface area contributed by atoms with Crippen molar-refractivity contribution >= 4 is 0 Å². The second-order valence-corrected chi connectivity index (χ2v) is 8.02. The molecule has 3 heterocycles. The minimum Gasteiger partial charge on any atom is -0.494 e. The number of benzene rings is 1. The van der Waals surface area contributed by atoms with E-state index in [4.69, 9.17) is 4.74 Å². The van der Waals surface area contributed by atoms with Crippen molar-refractivity contribution in [3.05, 3.63) is 59.9 Å². The van der Waals surface area contributed by atoms with Gasteiger partial charge in [0.15, 0.2) is 0 Å². The molecule has 2 saturated heterocycles. The number of hydrogen-bond donors (Lipinski definition) is 2. The van der Waals surface area contributed by atoms with Gasteiger partial charge in [0.1, 0.15) is 5.75 Å². The van der Waals surface area contributed by atoms with Crippen LogP contribution in [0, 0.1) is 0 Å². The molecule has 5 nitrogen and oxygen atoms in total. The fraction of sp³-hybridized carbons (Fsp3) is 0.500. The van der Waals surface area contributed by atoms with Gasteiger partial charge in [0.05, 0.1) is 12.2 Å². The zero-order valence-electron chi connectivity index (χ0n) is 16.7. The van der Waals surface area contributed by atoms with Gasteiger partial charge < -0.3 is 4.74 Å². The van der Waals surface area contributed by atoms with Gasteiger partial charge in [-0.3, -0.25) is 20.7 Å². The number of alkyl halides is 3. The van der Waals surface area contributed by atoms with Crippen LogP contribution in [0.1, 0.15) is 36.8 Å². The summed E-state index contributed by atoms with van der Waals surface area (Å²) in [6.07, 6.45) is 3.54. The van der Waals surface area contributed by atoms with Crippen LogP contribution in [0.25, 0.3) is 0 Å². The molecule has 0 spiro atoms. The standard InChI is InChI=1S/C22H27F3N4O/c23-22(24,25)17-3-5-19(6-4-17)30-13-9-18-14-20(28-27-18)21-2-1-12-29(21)15-16-7-10-26-11-8-16/h3-8,10-11,18,20-21,27-28H,1-2,9,12-15H2. The first-order valence-corrected chi connectivity index (χ1v) is 10.4. The zero-order valence-corrected chi connectivity index (χ0v) is 16.7. The van der Waals surface area contributed by atoms with Crippen LogP contribution in [-0.2, 0) is 12.7 Å². The highest BCUT2D eigenvalue weighted by Crippen LogP contribution is 2.30. The van der Waals surface area contributed by atoms with E-state index in [0.29, 0.717) is 24.4 Å². The van der Waals surface area contributed by atoms with Crippen molar-refractivity contribution in [1.29, 1.82) is 0 Å². The zero-order chi connectivity index (χ0) is 21.0. The molecule has 2 aliphatic rings. The van der Waals surface area contributed by atoms with Gasteiger partial charge in [-0.2, -0.15) is 13.2 Å². The van der Waals surface area contributed by atoms with Crippen LogP contribution in [0.3, 0.4) is 0 Å². The molecular formula is C22H27F3N4O. The molecule has 2 aromatic rings. The summed E-state index contributed by atoms with van der Waals surface area (Å²) in [6.45, 7) is 2.50. The lowest BCUT2D eigenvalue weighted by Crippen LogP contribution is -2.45. The molecule has 8 heteroatoms. The van der Waals surface area contributed by atoms with E-state index in [2.05, 4.69) is 32.9 Å². The molecule has 0 radical (unpaired) electrons. The highest BCUT2D eigenvalue weighted by atomic mass is 19.4. The third-order valence-electron chi connectivity index (χ3n) is 5.94. The summed E-state index contributed by atoms with van der Waals surface area (Å²) in [6, 6.07) is 10.2. The molecule has 4 rings (SSSR count). The topological polar surface area (TPSA) is 49.4 Å². The van der Waals surface area contributed by atoms with Crippen LogP contribution in [0.4, 0.5) is 13.2 Å². The summed E-state index contributed by atoms with van der Waals surface area (Å²) in [5.74, 6) is 0.463. The average molecular weight is 420 g/mol. The molecule has 0 aliphatic carbocycles. The fourth-order valence-corrected chi connectivity index (χ4v) is 4.38. The SMILES string of the molecule is FC(F)(F)c1ccc(OCCC2CC(C3CCCN3Cc3ccncc3)NN2)cc1. The van der Waals surface area contributed by atoms with Crippen LogP contribution in [-0.4, -0.2) is 41.2 Å². The monoisotopic (exact) mass is 420 g/mol. The number of nitrogens with one attached hydrogen (secondary N) is 2. The van der Waals surface area contributed by atoms with Gasteiger partial charge in [-0.05, 0) is 74.2 Å². The molecule has 0 bridgehead atoms. The Morgan fingerprint density at radius 2 is 1.83 bits per heavy atom. The smallest absolute Gasteiger partial charge is 0.416 e. The van der Waals surface area contributed by atoms with Crippen molar-refractivity contribution in [3.8, 4) is 5.75 Å². The Morgan fingerprint density at radius 1 is 1.07 bits per heavy atom. The molecule has 2 aliphatic heterocycles. The third-order valence-corrected chi connectivity index (χ3v) is 5.94. The molecule has 0 amide bonds. The number of hydrogen-bond acceptors (Lipinski definition) is 5. The summed E-state index contributed by atoms with van der Waals surface area (Å²) in [4.78, 5) is 6.63. The average Bonchev–Trinajstić information content (AvgIpc) is 3.38. The highest BCUT2D eigenvalue weighted by Gasteiger charge is 2.36. The van der Waals surface area contributed by atoms with Crippen molar-refractivity contribution in [2.45, 2.75) is 56.5 Å². The van der Waals surface area contributed by atoms with E-state index in [1.165, 1.54) is 30.5 Å². The Hall–Kier alpha value is -2.16. The van der Waals surface area contributed by atoms with Crippen molar-refractivity contribution in [1.82, 2.24) is 20.7 Å². The summed E-state index contributed by atoms with van der Waals surface area (Å²) in [5.41, 5.74) is 7.44. The van der Waals surface area contributed by atoms with Crippen molar-refractivity contribution in [2.75, 3.05) is 13.2 Å². The molecule has 0 saturated carbocycles. The Bertz CT molecular complexity index is 800. The third kappa shape index (κ3) is 5.30. The Balaban J connectivity index is 1.22. The number of ether oxygens (including phenoxy) is 1. The molecule has 3 atom stereocenters. The predicted molar refractivity (Wildman–Crippen MR) is 108 cm³/mol. The maximum Gasteiger partial charge on any atom is 0.416 e. The number of likely N-dealkylation sites (tertiary alicyclic amines) is 1. The van der Waals surface area contributed by atoms with E-state index in [1.807, 2.05) is 12.4 Å². The van der Waals surface area contributed by atoms with E-state index in [9.17, 15) is 13.2 Å². The van der Waals surface area contributed by atoms with E-state index in [1.54, 1.807) is 0 Å². The van der Waals surface area contributed by atoms with Gasteiger partial charge in [0.25, 0.3) is 0 Å². The van der Waals surface area contributed by atoms with E-state index >= 15 is 0 Å². The quantitative estimate of drug-likeness (QED) is 0.714. The first-order chi connectivity index (χ1) is 14.5. The number of pyridine rings is 1. The van der Waals surface area contributed by atoms with Crippen molar-refractivity contribution < 1.29 is 17.9 Å². The molecule has 1 aromatic carbocycles. The number of nitrogens with zero attached hydrogens (tertiary/aromatic N) is 2. The van der Waals surface area contributed by atoms with Gasteiger partial charge in [0, 0.05) is 37.1 Å². The fourth-order valence-electron chi connectivity index (χ4n) is 4.38. The molecule has 2 fully saturated rings. The van der Waals surface area contributed by atoms with Gasteiger partial charge in [-0.1, -0.05) is 0 Å². The lowest BCUT2D eigenvalue weighted by Gasteiger charge is -2.29. The normalized spacial score (nSPS) is 25.0. The van der Waals surface area contributed by atoms with Crippen LogP contribution in [0.5, 0.6) is 5.75 Å². The maximum absolute atomic E-state index is 12.6. The number of halogens is 3. The van der Waals surface area contributed by atoms with Gasteiger partial charge in [-0.25, -0.2) is 0 Å². The Labute approximate surface area is 174 Å². The summed E-state index contributed by atoms with van der Waals surface area (Å²) >= 11 is 0. The molecule has 2 N–H and O–H groups in total. The molecule has 1 aromatic heterocycles. The minimum absolute atomic E-state index is 0.285. The summed E-state index contributed by atoms with van der Waals surface area (Å²) in [5, 5.41) is 0. The van der Waals surface area contributed by atoms with Crippen LogP contribution in [0.15, 0.2) is 48.8 Å². The Morgan fingerprint density at radius 3 is 2.57 bits per heavy atom. The van der Waals surface area contributed by atoms with Gasteiger partial charge in [0.2, 0.25) is 0 Å². The number of rotatable bonds is 7. The van der Waals surface area contributed by atoms with Crippen LogP contribution >= 0.6 is 0 Å². The van der Waals surface area contributed by atoms with E-state index in [-0.39, 0.29) is 6.04 Å². The molecule has 162 valence electrons. The largest absolute Gasteiger partial charge is 0.494 e. The van der Waals surface area contributed by atoms with Crippen LogP contribution < -0.4 is 15.6 Å². The lowest BCUT2D eigenvalue weighted by molar-refractivity contribution is -0.137. The van der Waals surface area contributed by atoms with Crippen LogP contribution in [0.2, 0.25) is 0 Å². The number of aromatic nitrogens is 1. The summed E-state index contributed by atoms with van der Waals surface area (Å²) < 4.78 is 43.5. The van der Waals surface area contributed by atoms with Crippen molar-refractivity contribution in [3.63, 3.8) is 0 Å². The first kappa shape index (κ1) is 21.1. The summed E-state index contributed by atoms with van der Waals surface area (Å²) in [7, 11) is 0. The maximum atomic E-state index is 12.6. The van der Waals surface area contributed by atoms with E-state index < -0.39 is 11.7 Å². The number of hydrazine groups is 1. The Kier molecular flexibility index (Phi) is 6.55. The lowest BCUT2D eigenvalue weighted by atomic mass is 9.99. The highest BCUT2D eigenvalue weighted by molar-refractivity contribution is 5.28. The van der Waals surface area contributed by atoms with Gasteiger partial charge >= 0.3 is 6.18 Å². The minimum atomic E-state index is -4.32. The second-order valence-electron chi connectivity index (χ2n) is 8.02. The molecule has 30 heavy (non-hydrogen) atoms. The molecule has 3 unspecified atom stereocenters. The predicted octanol–water partition coefficient (Wildman–Crippen LogP) is 3.77. The van der Waals surface area contributed by atoms with Gasteiger partial charge in [-0.15, -0.1) is 0 Å². The first-order valence-electron chi connectivity index (χ1n) is 10.4. The van der Waals surface area contributed by atoms with E-state index in [0.717, 1.165) is 38.1 Å².